The van der Waals surface area contributed by atoms with Crippen molar-refractivity contribution in [2.75, 3.05) is 11.4 Å². The fraction of sp³-hybridized carbons (Fsp3) is 0.0909. The summed E-state index contributed by atoms with van der Waals surface area (Å²) < 4.78 is 0. The standard InChI is InChI=1S/C22H18N2O/c1-2-24(18-13-12-16-7-3-4-8-17(16)15-18)22(25)20-9-5-11-21-19(20)10-6-14-23-21/h3-15H,2H2,1H3. The van der Waals surface area contributed by atoms with Gasteiger partial charge in [-0.05, 0) is 48.0 Å². The Labute approximate surface area is 146 Å². The summed E-state index contributed by atoms with van der Waals surface area (Å²) in [5, 5.41) is 3.18. The number of anilines is 1. The van der Waals surface area contributed by atoms with Crippen LogP contribution in [0.5, 0.6) is 0 Å². The quantitative estimate of drug-likeness (QED) is 0.527. The number of amides is 1. The Kier molecular flexibility index (Phi) is 3.90. The predicted molar refractivity (Wildman–Crippen MR) is 103 cm³/mol. The summed E-state index contributed by atoms with van der Waals surface area (Å²) >= 11 is 0. The van der Waals surface area contributed by atoms with Crippen LogP contribution >= 0.6 is 0 Å². The van der Waals surface area contributed by atoms with Gasteiger partial charge in [-0.1, -0.05) is 42.5 Å². The van der Waals surface area contributed by atoms with Gasteiger partial charge in [-0.25, -0.2) is 0 Å². The van der Waals surface area contributed by atoms with Gasteiger partial charge in [0.25, 0.3) is 5.91 Å². The van der Waals surface area contributed by atoms with Crippen molar-refractivity contribution >= 4 is 33.3 Å². The van der Waals surface area contributed by atoms with Gasteiger partial charge in [0.05, 0.1) is 5.52 Å². The second kappa shape index (κ2) is 6.36. The lowest BCUT2D eigenvalue weighted by molar-refractivity contribution is 0.0990. The maximum Gasteiger partial charge on any atom is 0.258 e. The molecular formula is C22H18N2O. The second-order valence-corrected chi connectivity index (χ2v) is 5.96. The van der Waals surface area contributed by atoms with Gasteiger partial charge in [-0.15, -0.1) is 0 Å². The molecule has 4 aromatic rings. The summed E-state index contributed by atoms with van der Waals surface area (Å²) in [6.07, 6.45) is 1.75. The predicted octanol–water partition coefficient (Wildman–Crippen LogP) is 5.05. The van der Waals surface area contributed by atoms with Crippen molar-refractivity contribution in [3.05, 3.63) is 84.6 Å². The first kappa shape index (κ1) is 15.3. The highest BCUT2D eigenvalue weighted by Gasteiger charge is 2.18. The largest absolute Gasteiger partial charge is 0.309 e. The van der Waals surface area contributed by atoms with Crippen molar-refractivity contribution in [2.45, 2.75) is 6.92 Å². The van der Waals surface area contributed by atoms with Crippen molar-refractivity contribution in [3.8, 4) is 0 Å². The van der Waals surface area contributed by atoms with E-state index in [0.717, 1.165) is 22.0 Å². The molecule has 0 radical (unpaired) electrons. The normalized spacial score (nSPS) is 10.9. The monoisotopic (exact) mass is 326 g/mol. The lowest BCUT2D eigenvalue weighted by Gasteiger charge is -2.22. The van der Waals surface area contributed by atoms with Gasteiger partial charge < -0.3 is 4.90 Å². The molecule has 122 valence electrons. The molecule has 0 aliphatic heterocycles. The molecule has 0 fully saturated rings. The molecule has 25 heavy (non-hydrogen) atoms. The number of fused-ring (bicyclic) bond motifs is 2. The molecule has 1 amide bonds. The van der Waals surface area contributed by atoms with E-state index in [4.69, 9.17) is 0 Å². The topological polar surface area (TPSA) is 33.2 Å². The van der Waals surface area contributed by atoms with Gasteiger partial charge in [0.15, 0.2) is 0 Å². The highest BCUT2D eigenvalue weighted by Crippen LogP contribution is 2.25. The van der Waals surface area contributed by atoms with Crippen LogP contribution in [0, 0.1) is 0 Å². The molecule has 0 aliphatic carbocycles. The number of benzene rings is 3. The van der Waals surface area contributed by atoms with E-state index in [0.29, 0.717) is 12.1 Å². The molecule has 3 aromatic carbocycles. The first-order valence-electron chi connectivity index (χ1n) is 8.42. The molecule has 0 aliphatic rings. The number of aromatic nitrogens is 1. The third-order valence-electron chi connectivity index (χ3n) is 4.48. The summed E-state index contributed by atoms with van der Waals surface area (Å²) in [5.41, 5.74) is 2.43. The maximum absolute atomic E-state index is 13.2. The van der Waals surface area contributed by atoms with Crippen LogP contribution in [0.3, 0.4) is 0 Å². The Morgan fingerprint density at radius 3 is 2.60 bits per heavy atom. The summed E-state index contributed by atoms with van der Waals surface area (Å²) in [4.78, 5) is 19.4. The summed E-state index contributed by atoms with van der Waals surface area (Å²) in [6, 6.07) is 23.8. The number of carbonyl (C=O) groups is 1. The summed E-state index contributed by atoms with van der Waals surface area (Å²) in [7, 11) is 0. The zero-order valence-corrected chi connectivity index (χ0v) is 14.0. The number of carbonyl (C=O) groups excluding carboxylic acids is 1. The van der Waals surface area contributed by atoms with Gasteiger partial charge >= 0.3 is 0 Å². The van der Waals surface area contributed by atoms with E-state index in [1.807, 2.05) is 60.4 Å². The number of pyridine rings is 1. The minimum Gasteiger partial charge on any atom is -0.309 e. The van der Waals surface area contributed by atoms with E-state index in [1.165, 1.54) is 5.39 Å². The van der Waals surface area contributed by atoms with Crippen molar-refractivity contribution in [3.63, 3.8) is 0 Å². The Bertz CT molecular complexity index is 1070. The number of hydrogen-bond donors (Lipinski definition) is 0. The Morgan fingerprint density at radius 1 is 0.920 bits per heavy atom. The van der Waals surface area contributed by atoms with Crippen LogP contribution in [0.25, 0.3) is 21.7 Å². The van der Waals surface area contributed by atoms with Crippen molar-refractivity contribution < 1.29 is 4.79 Å². The minimum absolute atomic E-state index is 0.00335. The third-order valence-corrected chi connectivity index (χ3v) is 4.48. The van der Waals surface area contributed by atoms with Crippen LogP contribution in [0.15, 0.2) is 79.0 Å². The van der Waals surface area contributed by atoms with E-state index in [-0.39, 0.29) is 5.91 Å². The van der Waals surface area contributed by atoms with E-state index in [9.17, 15) is 4.79 Å². The lowest BCUT2D eigenvalue weighted by atomic mass is 10.1. The number of hydrogen-bond acceptors (Lipinski definition) is 2. The van der Waals surface area contributed by atoms with E-state index >= 15 is 0 Å². The Morgan fingerprint density at radius 2 is 1.76 bits per heavy atom. The average molecular weight is 326 g/mol. The molecule has 0 saturated heterocycles. The molecule has 0 saturated carbocycles. The molecule has 3 heteroatoms. The van der Waals surface area contributed by atoms with Crippen molar-refractivity contribution in [1.29, 1.82) is 0 Å². The van der Waals surface area contributed by atoms with Crippen molar-refractivity contribution in [1.82, 2.24) is 4.98 Å². The van der Waals surface area contributed by atoms with Crippen LogP contribution in [-0.4, -0.2) is 17.4 Å². The van der Waals surface area contributed by atoms with Crippen LogP contribution in [0.4, 0.5) is 5.69 Å². The van der Waals surface area contributed by atoms with Gasteiger partial charge in [0, 0.05) is 29.4 Å². The fourth-order valence-electron chi connectivity index (χ4n) is 3.22. The fourth-order valence-corrected chi connectivity index (χ4v) is 3.22. The number of rotatable bonds is 3. The zero-order valence-electron chi connectivity index (χ0n) is 14.0. The van der Waals surface area contributed by atoms with Crippen LogP contribution in [0.1, 0.15) is 17.3 Å². The molecule has 0 spiro atoms. The summed E-state index contributed by atoms with van der Waals surface area (Å²) in [5.74, 6) is -0.00335. The second-order valence-electron chi connectivity index (χ2n) is 5.96. The Hall–Kier alpha value is -3.20. The van der Waals surface area contributed by atoms with Crippen molar-refractivity contribution in [2.24, 2.45) is 0 Å². The zero-order chi connectivity index (χ0) is 17.2. The minimum atomic E-state index is -0.00335. The molecule has 0 bridgehead atoms. The molecule has 0 N–H and O–H groups in total. The maximum atomic E-state index is 13.2. The smallest absolute Gasteiger partial charge is 0.258 e. The SMILES string of the molecule is CCN(C(=O)c1cccc2ncccc12)c1ccc2ccccc2c1. The molecule has 0 unspecified atom stereocenters. The molecular weight excluding hydrogens is 308 g/mol. The first-order valence-corrected chi connectivity index (χ1v) is 8.42. The molecule has 0 atom stereocenters. The van der Waals surface area contributed by atoms with Gasteiger partial charge in [0.2, 0.25) is 0 Å². The molecule has 3 nitrogen and oxygen atoms in total. The number of nitrogens with zero attached hydrogens (tertiary/aromatic N) is 2. The Balaban J connectivity index is 1.80. The lowest BCUT2D eigenvalue weighted by Crippen LogP contribution is -2.30. The van der Waals surface area contributed by atoms with Gasteiger partial charge in [0.1, 0.15) is 0 Å². The van der Waals surface area contributed by atoms with Gasteiger partial charge in [-0.3, -0.25) is 9.78 Å². The summed E-state index contributed by atoms with van der Waals surface area (Å²) in [6.45, 7) is 2.60. The highest BCUT2D eigenvalue weighted by atomic mass is 16.2. The molecule has 1 heterocycles. The first-order chi connectivity index (χ1) is 12.3. The third kappa shape index (κ3) is 2.74. The highest BCUT2D eigenvalue weighted by molar-refractivity contribution is 6.14. The average Bonchev–Trinajstić information content (AvgIpc) is 2.68. The molecule has 4 rings (SSSR count). The van der Waals surface area contributed by atoms with E-state index < -0.39 is 0 Å². The van der Waals surface area contributed by atoms with E-state index in [1.54, 1.807) is 6.20 Å². The van der Waals surface area contributed by atoms with Crippen LogP contribution < -0.4 is 4.90 Å². The van der Waals surface area contributed by atoms with Crippen LogP contribution in [-0.2, 0) is 0 Å². The van der Waals surface area contributed by atoms with Crippen LogP contribution in [0.2, 0.25) is 0 Å². The molecule has 1 aromatic heterocycles. The van der Waals surface area contributed by atoms with E-state index in [2.05, 4.69) is 29.2 Å². The van der Waals surface area contributed by atoms with Gasteiger partial charge in [-0.2, -0.15) is 0 Å².